The van der Waals surface area contributed by atoms with E-state index in [1.807, 2.05) is 6.07 Å². The van der Waals surface area contributed by atoms with Gasteiger partial charge in [-0.25, -0.2) is 0 Å². The summed E-state index contributed by atoms with van der Waals surface area (Å²) in [4.78, 5) is 0. The summed E-state index contributed by atoms with van der Waals surface area (Å²) in [5.74, 6) is 1.29. The standard InChI is InChI=1S/C8H6N6/c9-5-6-1-2-7(14-12-6)11-8-3-4-10-13-8/h1-4H,(H2,10,11,13,14). The van der Waals surface area contributed by atoms with Crippen LogP contribution < -0.4 is 5.32 Å². The van der Waals surface area contributed by atoms with Crippen molar-refractivity contribution < 1.29 is 0 Å². The maximum atomic E-state index is 8.50. The zero-order chi connectivity index (χ0) is 9.80. The van der Waals surface area contributed by atoms with Gasteiger partial charge in [-0.05, 0) is 12.1 Å². The van der Waals surface area contributed by atoms with Crippen LogP contribution in [0.15, 0.2) is 24.4 Å². The summed E-state index contributed by atoms with van der Waals surface area (Å²) in [6.45, 7) is 0. The Balaban J connectivity index is 2.15. The number of nitrogens with zero attached hydrogens (tertiary/aromatic N) is 4. The summed E-state index contributed by atoms with van der Waals surface area (Å²) < 4.78 is 0. The van der Waals surface area contributed by atoms with E-state index in [2.05, 4.69) is 25.7 Å². The highest BCUT2D eigenvalue weighted by atomic mass is 15.2. The first-order valence-corrected chi connectivity index (χ1v) is 3.89. The van der Waals surface area contributed by atoms with Gasteiger partial charge in [0, 0.05) is 6.07 Å². The molecule has 2 heterocycles. The molecule has 0 spiro atoms. The van der Waals surface area contributed by atoms with E-state index in [0.29, 0.717) is 11.5 Å². The van der Waals surface area contributed by atoms with Gasteiger partial charge >= 0.3 is 0 Å². The van der Waals surface area contributed by atoms with Gasteiger partial charge in [-0.1, -0.05) is 0 Å². The van der Waals surface area contributed by atoms with Gasteiger partial charge in [-0.15, -0.1) is 10.2 Å². The van der Waals surface area contributed by atoms with Crippen LogP contribution in [-0.2, 0) is 0 Å². The predicted octanol–water partition coefficient (Wildman–Crippen LogP) is 0.815. The highest BCUT2D eigenvalue weighted by Crippen LogP contribution is 2.08. The van der Waals surface area contributed by atoms with Crippen molar-refractivity contribution in [2.75, 3.05) is 5.32 Å². The predicted molar refractivity (Wildman–Crippen MR) is 48.6 cm³/mol. The summed E-state index contributed by atoms with van der Waals surface area (Å²) in [5.41, 5.74) is 0.292. The Morgan fingerprint density at radius 1 is 1.29 bits per heavy atom. The zero-order valence-corrected chi connectivity index (χ0v) is 7.10. The van der Waals surface area contributed by atoms with Gasteiger partial charge in [0.1, 0.15) is 11.9 Å². The number of hydrogen-bond donors (Lipinski definition) is 2. The van der Waals surface area contributed by atoms with Crippen LogP contribution in [-0.4, -0.2) is 20.4 Å². The Hall–Kier alpha value is -2.42. The molecule has 2 aromatic rings. The highest BCUT2D eigenvalue weighted by Gasteiger charge is 1.97. The molecule has 0 unspecified atom stereocenters. The quantitative estimate of drug-likeness (QED) is 0.724. The molecule has 0 atom stereocenters. The first-order chi connectivity index (χ1) is 6.88. The molecule has 2 N–H and O–H groups in total. The molecule has 0 aliphatic rings. The molecule has 2 aromatic heterocycles. The second-order valence-electron chi connectivity index (χ2n) is 2.51. The molecule has 0 bridgehead atoms. The molecule has 6 nitrogen and oxygen atoms in total. The molecule has 0 amide bonds. The van der Waals surface area contributed by atoms with E-state index < -0.39 is 0 Å². The summed E-state index contributed by atoms with van der Waals surface area (Å²) in [6, 6.07) is 6.92. The van der Waals surface area contributed by atoms with Crippen molar-refractivity contribution in [3.63, 3.8) is 0 Å². The number of hydrogen-bond acceptors (Lipinski definition) is 5. The second kappa shape index (κ2) is 3.53. The molecule has 0 fully saturated rings. The normalized spacial score (nSPS) is 9.36. The lowest BCUT2D eigenvalue weighted by Crippen LogP contribution is -1.96. The first kappa shape index (κ1) is 8.19. The number of aromatic nitrogens is 4. The largest absolute Gasteiger partial charge is 0.324 e. The smallest absolute Gasteiger partial charge is 0.163 e. The molecule has 0 aliphatic carbocycles. The number of H-pyrrole nitrogens is 1. The SMILES string of the molecule is N#Cc1ccc(Nc2ccn[nH]2)nn1. The minimum Gasteiger partial charge on any atom is -0.324 e. The van der Waals surface area contributed by atoms with Crippen LogP contribution >= 0.6 is 0 Å². The number of anilines is 2. The van der Waals surface area contributed by atoms with Crippen molar-refractivity contribution in [1.29, 1.82) is 5.26 Å². The second-order valence-corrected chi connectivity index (χ2v) is 2.51. The summed E-state index contributed by atoms with van der Waals surface area (Å²) in [7, 11) is 0. The van der Waals surface area contributed by atoms with Crippen LogP contribution in [0.3, 0.4) is 0 Å². The van der Waals surface area contributed by atoms with Crippen molar-refractivity contribution in [2.45, 2.75) is 0 Å². The van der Waals surface area contributed by atoms with Crippen LogP contribution in [0.5, 0.6) is 0 Å². The van der Waals surface area contributed by atoms with Crippen LogP contribution in [0.25, 0.3) is 0 Å². The summed E-state index contributed by atoms with van der Waals surface area (Å²) >= 11 is 0. The average Bonchev–Trinajstić information content (AvgIpc) is 2.72. The Morgan fingerprint density at radius 2 is 2.21 bits per heavy atom. The fraction of sp³-hybridized carbons (Fsp3) is 0. The van der Waals surface area contributed by atoms with Crippen LogP contribution in [0.1, 0.15) is 5.69 Å². The molecular formula is C8H6N6. The van der Waals surface area contributed by atoms with E-state index in [1.54, 1.807) is 24.4 Å². The van der Waals surface area contributed by atoms with Crippen molar-refractivity contribution in [1.82, 2.24) is 20.4 Å². The Labute approximate surface area is 79.6 Å². The molecule has 0 aromatic carbocycles. The third-order valence-electron chi connectivity index (χ3n) is 1.54. The van der Waals surface area contributed by atoms with E-state index >= 15 is 0 Å². The molecule has 2 rings (SSSR count). The Bertz CT molecular complexity index is 438. The van der Waals surface area contributed by atoms with E-state index in [-0.39, 0.29) is 0 Å². The third kappa shape index (κ3) is 1.67. The van der Waals surface area contributed by atoms with E-state index in [0.717, 1.165) is 5.82 Å². The minimum absolute atomic E-state index is 0.292. The maximum Gasteiger partial charge on any atom is 0.163 e. The number of aromatic amines is 1. The van der Waals surface area contributed by atoms with Crippen molar-refractivity contribution >= 4 is 11.6 Å². The van der Waals surface area contributed by atoms with Gasteiger partial charge < -0.3 is 5.32 Å². The van der Waals surface area contributed by atoms with Crippen LogP contribution in [0.2, 0.25) is 0 Å². The molecule has 0 radical (unpaired) electrons. The highest BCUT2D eigenvalue weighted by molar-refractivity contribution is 5.50. The van der Waals surface area contributed by atoms with Gasteiger partial charge in [0.2, 0.25) is 0 Å². The molecule has 14 heavy (non-hydrogen) atoms. The van der Waals surface area contributed by atoms with Gasteiger partial charge in [0.05, 0.1) is 6.20 Å². The van der Waals surface area contributed by atoms with Crippen LogP contribution in [0, 0.1) is 11.3 Å². The fourth-order valence-electron chi connectivity index (χ4n) is 0.922. The lowest BCUT2D eigenvalue weighted by molar-refractivity contribution is 1.01. The summed E-state index contributed by atoms with van der Waals surface area (Å²) in [6.07, 6.45) is 1.62. The third-order valence-corrected chi connectivity index (χ3v) is 1.54. The molecule has 0 saturated heterocycles. The van der Waals surface area contributed by atoms with Gasteiger partial charge in [-0.2, -0.15) is 10.4 Å². The van der Waals surface area contributed by atoms with Gasteiger partial charge in [0.15, 0.2) is 11.5 Å². The van der Waals surface area contributed by atoms with Crippen molar-refractivity contribution in [2.24, 2.45) is 0 Å². The zero-order valence-electron chi connectivity index (χ0n) is 7.10. The Kier molecular flexibility index (Phi) is 2.07. The van der Waals surface area contributed by atoms with Crippen molar-refractivity contribution in [3.8, 4) is 6.07 Å². The van der Waals surface area contributed by atoms with E-state index in [9.17, 15) is 0 Å². The van der Waals surface area contributed by atoms with Crippen molar-refractivity contribution in [3.05, 3.63) is 30.1 Å². The number of rotatable bonds is 2. The van der Waals surface area contributed by atoms with E-state index in [1.165, 1.54) is 0 Å². The number of nitriles is 1. The minimum atomic E-state index is 0.292. The first-order valence-electron chi connectivity index (χ1n) is 3.89. The molecule has 68 valence electrons. The Morgan fingerprint density at radius 3 is 2.79 bits per heavy atom. The molecular weight excluding hydrogens is 180 g/mol. The fourth-order valence-corrected chi connectivity index (χ4v) is 0.922. The molecule has 0 saturated carbocycles. The molecule has 6 heteroatoms. The lowest BCUT2D eigenvalue weighted by atomic mass is 10.4. The maximum absolute atomic E-state index is 8.50. The van der Waals surface area contributed by atoms with Gasteiger partial charge in [-0.3, -0.25) is 5.10 Å². The lowest BCUT2D eigenvalue weighted by Gasteiger charge is -1.99. The van der Waals surface area contributed by atoms with E-state index in [4.69, 9.17) is 5.26 Å². The van der Waals surface area contributed by atoms with Crippen LogP contribution in [0.4, 0.5) is 11.6 Å². The monoisotopic (exact) mass is 186 g/mol. The summed E-state index contributed by atoms with van der Waals surface area (Å²) in [5, 5.41) is 25.4. The average molecular weight is 186 g/mol. The van der Waals surface area contributed by atoms with Gasteiger partial charge in [0.25, 0.3) is 0 Å². The number of nitrogens with one attached hydrogen (secondary N) is 2. The molecule has 0 aliphatic heterocycles. The topological polar surface area (TPSA) is 90.3 Å².